The molecule has 0 saturated carbocycles. The van der Waals surface area contributed by atoms with Crippen LogP contribution in [0.25, 0.3) is 0 Å². The first-order valence-electron chi connectivity index (χ1n) is 10.3. The number of nitrogens with one attached hydrogen (secondary N) is 1. The van der Waals surface area contributed by atoms with E-state index in [-0.39, 0.29) is 18.4 Å². The van der Waals surface area contributed by atoms with Gasteiger partial charge in [0.1, 0.15) is 18.0 Å². The molecule has 3 rings (SSSR count). The van der Waals surface area contributed by atoms with Gasteiger partial charge in [-0.2, -0.15) is 5.10 Å². The Balaban J connectivity index is 1.48. The Morgan fingerprint density at radius 1 is 1.20 bits per heavy atom. The van der Waals surface area contributed by atoms with E-state index in [4.69, 9.17) is 9.47 Å². The molecule has 0 aliphatic carbocycles. The third kappa shape index (κ3) is 5.98. The van der Waals surface area contributed by atoms with Crippen LogP contribution in [-0.2, 0) is 16.1 Å². The SMILES string of the molecule is COc1cc(NC(=O)CC[C@H]2CCCN(C(=O)Cn3ccc(C)n3)C2)cc(OC)c1. The van der Waals surface area contributed by atoms with E-state index in [9.17, 15) is 9.59 Å². The molecule has 8 heteroatoms. The highest BCUT2D eigenvalue weighted by Crippen LogP contribution is 2.26. The van der Waals surface area contributed by atoms with E-state index < -0.39 is 0 Å². The van der Waals surface area contributed by atoms with Gasteiger partial charge in [0.2, 0.25) is 11.8 Å². The molecule has 1 saturated heterocycles. The monoisotopic (exact) mass is 414 g/mol. The van der Waals surface area contributed by atoms with Crippen LogP contribution in [0.4, 0.5) is 5.69 Å². The van der Waals surface area contributed by atoms with Gasteiger partial charge < -0.3 is 19.7 Å². The Bertz CT molecular complexity index is 858. The van der Waals surface area contributed by atoms with Crippen LogP contribution in [0.5, 0.6) is 11.5 Å². The Morgan fingerprint density at radius 2 is 1.93 bits per heavy atom. The van der Waals surface area contributed by atoms with Crippen LogP contribution in [-0.4, -0.2) is 53.8 Å². The Labute approximate surface area is 177 Å². The first-order chi connectivity index (χ1) is 14.5. The van der Waals surface area contributed by atoms with Crippen molar-refractivity contribution in [2.45, 2.75) is 39.2 Å². The van der Waals surface area contributed by atoms with Crippen molar-refractivity contribution >= 4 is 17.5 Å². The second-order valence-electron chi connectivity index (χ2n) is 7.69. The van der Waals surface area contributed by atoms with E-state index in [1.165, 1.54) is 0 Å². The van der Waals surface area contributed by atoms with Gasteiger partial charge in [0.15, 0.2) is 0 Å². The van der Waals surface area contributed by atoms with Gasteiger partial charge >= 0.3 is 0 Å². The maximum absolute atomic E-state index is 12.6. The largest absolute Gasteiger partial charge is 0.497 e. The Kier molecular flexibility index (Phi) is 7.32. The fraction of sp³-hybridized carbons (Fsp3) is 0.500. The number of hydrogen-bond donors (Lipinski definition) is 1. The van der Waals surface area contributed by atoms with Crippen molar-refractivity contribution in [2.24, 2.45) is 5.92 Å². The topological polar surface area (TPSA) is 85.7 Å². The van der Waals surface area contributed by atoms with E-state index in [2.05, 4.69) is 10.4 Å². The van der Waals surface area contributed by atoms with E-state index in [1.807, 2.05) is 24.1 Å². The fourth-order valence-corrected chi connectivity index (χ4v) is 3.76. The lowest BCUT2D eigenvalue weighted by Crippen LogP contribution is -2.41. The summed E-state index contributed by atoms with van der Waals surface area (Å²) in [7, 11) is 3.15. The molecule has 1 aliphatic rings. The predicted molar refractivity (Wildman–Crippen MR) is 114 cm³/mol. The van der Waals surface area contributed by atoms with Crippen LogP contribution in [0, 0.1) is 12.8 Å². The zero-order valence-electron chi connectivity index (χ0n) is 17.9. The predicted octanol–water partition coefficient (Wildman–Crippen LogP) is 2.87. The second-order valence-corrected chi connectivity index (χ2v) is 7.69. The number of rotatable bonds is 8. The van der Waals surface area contributed by atoms with Gasteiger partial charge in [-0.15, -0.1) is 0 Å². The number of carbonyl (C=O) groups excluding carboxylic acids is 2. The molecule has 1 aromatic heterocycles. The molecule has 0 bridgehead atoms. The molecule has 0 radical (unpaired) electrons. The van der Waals surface area contributed by atoms with Gasteiger partial charge in [0.25, 0.3) is 0 Å². The van der Waals surface area contributed by atoms with Gasteiger partial charge in [-0.3, -0.25) is 14.3 Å². The molecule has 0 spiro atoms. The van der Waals surface area contributed by atoms with Crippen LogP contribution in [0.1, 0.15) is 31.4 Å². The molecule has 2 amide bonds. The number of benzene rings is 1. The number of hydrogen-bond acceptors (Lipinski definition) is 5. The standard InChI is InChI=1S/C22H30N4O4/c1-16-8-10-26(24-16)15-22(28)25-9-4-5-17(14-25)6-7-21(27)23-18-11-19(29-2)13-20(12-18)30-3/h8,10-13,17H,4-7,9,14-15H2,1-3H3,(H,23,27)/t17-/m1/s1. The summed E-state index contributed by atoms with van der Waals surface area (Å²) in [5, 5.41) is 7.20. The zero-order chi connectivity index (χ0) is 21.5. The smallest absolute Gasteiger partial charge is 0.244 e. The summed E-state index contributed by atoms with van der Waals surface area (Å²) in [4.78, 5) is 26.9. The van der Waals surface area contributed by atoms with E-state index in [0.717, 1.165) is 31.5 Å². The highest BCUT2D eigenvalue weighted by atomic mass is 16.5. The molecule has 162 valence electrons. The molecule has 8 nitrogen and oxygen atoms in total. The lowest BCUT2D eigenvalue weighted by Gasteiger charge is -2.32. The summed E-state index contributed by atoms with van der Waals surface area (Å²) in [6.07, 6.45) is 4.98. The average molecular weight is 415 g/mol. The first-order valence-corrected chi connectivity index (χ1v) is 10.3. The Hall–Kier alpha value is -3.03. The number of aromatic nitrogens is 2. The number of aryl methyl sites for hydroxylation is 1. The highest BCUT2D eigenvalue weighted by Gasteiger charge is 2.24. The minimum Gasteiger partial charge on any atom is -0.497 e. The number of ether oxygens (including phenoxy) is 2. The van der Waals surface area contributed by atoms with Gasteiger partial charge in [-0.05, 0) is 38.2 Å². The summed E-state index contributed by atoms with van der Waals surface area (Å²) in [6, 6.07) is 7.17. The number of nitrogens with zero attached hydrogens (tertiary/aromatic N) is 3. The van der Waals surface area contributed by atoms with Crippen molar-refractivity contribution in [2.75, 3.05) is 32.6 Å². The lowest BCUT2D eigenvalue weighted by atomic mass is 9.93. The van der Waals surface area contributed by atoms with Gasteiger partial charge in [0, 0.05) is 49.6 Å². The molecule has 1 N–H and O–H groups in total. The lowest BCUT2D eigenvalue weighted by molar-refractivity contribution is -0.133. The van der Waals surface area contributed by atoms with Crippen molar-refractivity contribution in [3.63, 3.8) is 0 Å². The number of amides is 2. The third-order valence-electron chi connectivity index (χ3n) is 5.36. The van der Waals surface area contributed by atoms with Gasteiger partial charge in [0.05, 0.1) is 19.9 Å². The van der Waals surface area contributed by atoms with Crippen molar-refractivity contribution in [3.8, 4) is 11.5 Å². The summed E-state index contributed by atoms with van der Waals surface area (Å²) in [6.45, 7) is 3.63. The zero-order valence-corrected chi connectivity index (χ0v) is 17.9. The van der Waals surface area contributed by atoms with Crippen LogP contribution < -0.4 is 14.8 Å². The fourth-order valence-electron chi connectivity index (χ4n) is 3.76. The maximum Gasteiger partial charge on any atom is 0.244 e. The molecule has 1 atom stereocenters. The van der Waals surface area contributed by atoms with Gasteiger partial charge in [-0.25, -0.2) is 0 Å². The minimum absolute atomic E-state index is 0.0548. The molecule has 30 heavy (non-hydrogen) atoms. The van der Waals surface area contributed by atoms with E-state index in [0.29, 0.717) is 36.1 Å². The Morgan fingerprint density at radius 3 is 2.57 bits per heavy atom. The van der Waals surface area contributed by atoms with Crippen molar-refractivity contribution < 1.29 is 19.1 Å². The van der Waals surface area contributed by atoms with Gasteiger partial charge in [-0.1, -0.05) is 0 Å². The third-order valence-corrected chi connectivity index (χ3v) is 5.36. The molecule has 0 unspecified atom stereocenters. The average Bonchev–Trinajstić information content (AvgIpc) is 3.16. The van der Waals surface area contributed by atoms with Crippen molar-refractivity contribution in [1.82, 2.24) is 14.7 Å². The molecule has 2 heterocycles. The van der Waals surface area contributed by atoms with Crippen LogP contribution in [0.2, 0.25) is 0 Å². The summed E-state index contributed by atoms with van der Waals surface area (Å²) in [5.41, 5.74) is 1.55. The number of carbonyl (C=O) groups is 2. The quantitative estimate of drug-likeness (QED) is 0.718. The molecule has 1 aromatic carbocycles. The molecule has 1 aliphatic heterocycles. The number of methoxy groups -OCH3 is 2. The molecular formula is C22H30N4O4. The number of piperidine rings is 1. The number of anilines is 1. The summed E-state index contributed by atoms with van der Waals surface area (Å²) < 4.78 is 12.2. The number of likely N-dealkylation sites (tertiary alicyclic amines) is 1. The first kappa shape index (κ1) is 21.7. The van der Waals surface area contributed by atoms with Crippen LogP contribution in [0.15, 0.2) is 30.5 Å². The summed E-state index contributed by atoms with van der Waals surface area (Å²) >= 11 is 0. The summed E-state index contributed by atoms with van der Waals surface area (Å²) in [5.74, 6) is 1.60. The van der Waals surface area contributed by atoms with Crippen molar-refractivity contribution in [3.05, 3.63) is 36.2 Å². The van der Waals surface area contributed by atoms with E-state index in [1.54, 1.807) is 37.1 Å². The molecule has 1 fully saturated rings. The van der Waals surface area contributed by atoms with Crippen molar-refractivity contribution in [1.29, 1.82) is 0 Å². The minimum atomic E-state index is -0.0548. The molecular weight excluding hydrogens is 384 g/mol. The van der Waals surface area contributed by atoms with E-state index >= 15 is 0 Å². The molecule has 2 aromatic rings. The normalized spacial score (nSPS) is 16.2. The maximum atomic E-state index is 12.6. The second kappa shape index (κ2) is 10.1. The highest BCUT2D eigenvalue weighted by molar-refractivity contribution is 5.91. The van der Waals surface area contributed by atoms with Crippen LogP contribution in [0.3, 0.4) is 0 Å². The van der Waals surface area contributed by atoms with Crippen LogP contribution >= 0.6 is 0 Å².